The van der Waals surface area contributed by atoms with Gasteiger partial charge >= 0.3 is 0 Å². The van der Waals surface area contributed by atoms with E-state index < -0.39 is 5.41 Å². The van der Waals surface area contributed by atoms with Crippen LogP contribution < -0.4 is 5.32 Å². The van der Waals surface area contributed by atoms with Gasteiger partial charge in [0.05, 0.1) is 5.69 Å². The van der Waals surface area contributed by atoms with Crippen LogP contribution in [-0.2, 0) is 10.2 Å². The molecule has 1 saturated carbocycles. The van der Waals surface area contributed by atoms with Crippen molar-refractivity contribution in [2.75, 3.05) is 5.32 Å². The molecule has 1 unspecified atom stereocenters. The lowest BCUT2D eigenvalue weighted by Crippen LogP contribution is -2.42. The zero-order valence-electron chi connectivity index (χ0n) is 14.5. The molecule has 0 aromatic heterocycles. The fourth-order valence-electron chi connectivity index (χ4n) is 4.78. The summed E-state index contributed by atoms with van der Waals surface area (Å²) in [6, 6.07) is 8.74. The predicted molar refractivity (Wildman–Crippen MR) is 95.3 cm³/mol. The molecule has 0 bridgehead atoms. The first-order valence-electron chi connectivity index (χ1n) is 8.87. The molecule has 4 heteroatoms. The van der Waals surface area contributed by atoms with E-state index in [1.165, 1.54) is 0 Å². The van der Waals surface area contributed by atoms with Crippen LogP contribution in [0.1, 0.15) is 47.9 Å². The molecule has 4 rings (SSSR count). The molecule has 130 valence electrons. The van der Waals surface area contributed by atoms with Gasteiger partial charge in [0.15, 0.2) is 0 Å². The number of carbonyl (C=O) groups excluding carboxylic acids is 1. The summed E-state index contributed by atoms with van der Waals surface area (Å²) in [6.07, 6.45) is 4.16. The summed E-state index contributed by atoms with van der Waals surface area (Å²) in [7, 11) is 0. The van der Waals surface area contributed by atoms with Gasteiger partial charge in [0.2, 0.25) is 5.91 Å². The Labute approximate surface area is 146 Å². The fraction of sp³-hybridized carbons (Fsp3) is 0.381. The van der Waals surface area contributed by atoms with Crippen molar-refractivity contribution in [1.29, 1.82) is 0 Å². The van der Waals surface area contributed by atoms with E-state index in [1.807, 2.05) is 18.2 Å². The molecular formula is C21H22FNO2. The Morgan fingerprint density at radius 2 is 1.80 bits per heavy atom. The first kappa shape index (κ1) is 16.1. The number of aryl methyl sites for hydroxylation is 1. The lowest BCUT2D eigenvalue weighted by Gasteiger charge is -2.34. The third-order valence-corrected chi connectivity index (χ3v) is 5.99. The molecule has 2 N–H and O–H groups in total. The van der Waals surface area contributed by atoms with Crippen LogP contribution in [0.3, 0.4) is 0 Å². The topological polar surface area (TPSA) is 49.3 Å². The van der Waals surface area contributed by atoms with Gasteiger partial charge < -0.3 is 10.4 Å². The lowest BCUT2D eigenvalue weighted by atomic mass is 9.65. The Morgan fingerprint density at radius 1 is 1.16 bits per heavy atom. The number of amides is 1. The van der Waals surface area contributed by atoms with E-state index in [0.29, 0.717) is 16.8 Å². The molecule has 1 fully saturated rings. The number of phenols is 1. The van der Waals surface area contributed by atoms with E-state index >= 15 is 0 Å². The number of hydrogen-bond donors (Lipinski definition) is 2. The molecule has 0 spiro atoms. The van der Waals surface area contributed by atoms with E-state index in [-0.39, 0.29) is 23.4 Å². The van der Waals surface area contributed by atoms with E-state index in [1.54, 1.807) is 26.0 Å². The zero-order chi connectivity index (χ0) is 17.8. The Morgan fingerprint density at radius 3 is 2.44 bits per heavy atom. The van der Waals surface area contributed by atoms with Crippen LogP contribution in [0.4, 0.5) is 10.1 Å². The number of benzene rings is 2. The summed E-state index contributed by atoms with van der Waals surface area (Å²) in [5.74, 6) is 0.0261. The summed E-state index contributed by atoms with van der Waals surface area (Å²) in [5.41, 5.74) is 2.64. The van der Waals surface area contributed by atoms with Gasteiger partial charge in [0.25, 0.3) is 0 Å². The van der Waals surface area contributed by atoms with Crippen LogP contribution in [0.2, 0.25) is 0 Å². The third-order valence-electron chi connectivity index (χ3n) is 5.99. The van der Waals surface area contributed by atoms with Crippen LogP contribution in [0.5, 0.6) is 5.75 Å². The molecule has 0 radical (unpaired) electrons. The molecule has 0 saturated heterocycles. The molecule has 1 atom stereocenters. The van der Waals surface area contributed by atoms with E-state index in [2.05, 4.69) is 5.32 Å². The largest absolute Gasteiger partial charge is 0.508 e. The quantitative estimate of drug-likeness (QED) is 0.841. The Hall–Kier alpha value is -2.36. The third kappa shape index (κ3) is 2.13. The first-order chi connectivity index (χ1) is 12.0. The molecule has 1 aliphatic heterocycles. The molecular weight excluding hydrogens is 317 g/mol. The van der Waals surface area contributed by atoms with Gasteiger partial charge in [0, 0.05) is 5.56 Å². The predicted octanol–water partition coefficient (Wildman–Crippen LogP) is 4.58. The number of anilines is 1. The lowest BCUT2D eigenvalue weighted by molar-refractivity contribution is -0.121. The molecule has 3 nitrogen and oxygen atoms in total. The molecule has 1 heterocycles. The molecule has 2 aromatic rings. The van der Waals surface area contributed by atoms with Gasteiger partial charge in [-0.3, -0.25) is 4.79 Å². The standard InChI is InChI=1S/C21H22FNO2/c1-12-11-17-19(13(2)18(12)22)23-20(25)21(17,14-5-3-4-6-14)15-7-9-16(24)10-8-15/h7-11,14,24H,3-6H2,1-2H3,(H,23,25). The van der Waals surface area contributed by atoms with Crippen molar-refractivity contribution in [2.45, 2.75) is 44.9 Å². The number of halogens is 1. The van der Waals surface area contributed by atoms with Crippen molar-refractivity contribution in [3.05, 3.63) is 58.4 Å². The molecule has 1 aliphatic carbocycles. The molecule has 2 aliphatic rings. The van der Waals surface area contributed by atoms with Crippen molar-refractivity contribution in [3.63, 3.8) is 0 Å². The van der Waals surface area contributed by atoms with Gasteiger partial charge in [-0.05, 0) is 67.5 Å². The number of fused-ring (bicyclic) bond motifs is 1. The zero-order valence-corrected chi connectivity index (χ0v) is 14.5. The number of phenolic OH excluding ortho intramolecular Hbond substituents is 1. The van der Waals surface area contributed by atoms with Crippen LogP contribution in [0.25, 0.3) is 0 Å². The highest BCUT2D eigenvalue weighted by atomic mass is 19.1. The maximum atomic E-state index is 14.4. The van der Waals surface area contributed by atoms with E-state index in [4.69, 9.17) is 0 Å². The monoisotopic (exact) mass is 339 g/mol. The van der Waals surface area contributed by atoms with Gasteiger partial charge in [-0.15, -0.1) is 0 Å². The van der Waals surface area contributed by atoms with Crippen LogP contribution in [0, 0.1) is 25.6 Å². The number of aromatic hydroxyl groups is 1. The van der Waals surface area contributed by atoms with Crippen molar-refractivity contribution in [2.24, 2.45) is 5.92 Å². The van der Waals surface area contributed by atoms with Crippen molar-refractivity contribution in [1.82, 2.24) is 0 Å². The highest BCUT2D eigenvalue weighted by Gasteiger charge is 2.54. The maximum Gasteiger partial charge on any atom is 0.239 e. The fourth-order valence-corrected chi connectivity index (χ4v) is 4.78. The second-order valence-corrected chi connectivity index (χ2v) is 7.35. The first-order valence-corrected chi connectivity index (χ1v) is 8.87. The summed E-state index contributed by atoms with van der Waals surface area (Å²) in [5, 5.41) is 12.7. The summed E-state index contributed by atoms with van der Waals surface area (Å²) >= 11 is 0. The highest BCUT2D eigenvalue weighted by Crippen LogP contribution is 2.54. The minimum Gasteiger partial charge on any atom is -0.508 e. The van der Waals surface area contributed by atoms with Gasteiger partial charge in [-0.25, -0.2) is 4.39 Å². The number of hydrogen-bond acceptors (Lipinski definition) is 2. The Kier molecular flexibility index (Phi) is 3.60. The number of rotatable bonds is 2. The SMILES string of the molecule is Cc1cc2c(c(C)c1F)NC(=O)C2(c1ccc(O)cc1)C1CCCC1. The molecule has 25 heavy (non-hydrogen) atoms. The second-order valence-electron chi connectivity index (χ2n) is 7.35. The van der Waals surface area contributed by atoms with Gasteiger partial charge in [0.1, 0.15) is 17.0 Å². The Balaban J connectivity index is 2.03. The summed E-state index contributed by atoms with van der Waals surface area (Å²) in [4.78, 5) is 13.3. The highest BCUT2D eigenvalue weighted by molar-refractivity contribution is 6.09. The van der Waals surface area contributed by atoms with Crippen LogP contribution >= 0.6 is 0 Å². The summed E-state index contributed by atoms with van der Waals surface area (Å²) in [6.45, 7) is 3.48. The normalized spacial score (nSPS) is 22.9. The van der Waals surface area contributed by atoms with Crippen molar-refractivity contribution < 1.29 is 14.3 Å². The van der Waals surface area contributed by atoms with Crippen LogP contribution in [0.15, 0.2) is 30.3 Å². The minimum absolute atomic E-state index is 0.0758. The van der Waals surface area contributed by atoms with Gasteiger partial charge in [-0.1, -0.05) is 25.0 Å². The second kappa shape index (κ2) is 5.58. The van der Waals surface area contributed by atoms with Crippen molar-refractivity contribution in [3.8, 4) is 5.75 Å². The van der Waals surface area contributed by atoms with Gasteiger partial charge in [-0.2, -0.15) is 0 Å². The van der Waals surface area contributed by atoms with Crippen LogP contribution in [-0.4, -0.2) is 11.0 Å². The Bertz CT molecular complexity index is 853. The smallest absolute Gasteiger partial charge is 0.239 e. The average molecular weight is 339 g/mol. The van der Waals surface area contributed by atoms with E-state index in [0.717, 1.165) is 36.8 Å². The molecule has 2 aromatic carbocycles. The number of nitrogens with one attached hydrogen (secondary N) is 1. The average Bonchev–Trinajstić information content (AvgIpc) is 3.21. The van der Waals surface area contributed by atoms with Crippen molar-refractivity contribution >= 4 is 11.6 Å². The van der Waals surface area contributed by atoms with E-state index in [9.17, 15) is 14.3 Å². The number of carbonyl (C=O) groups is 1. The molecule has 1 amide bonds. The maximum absolute atomic E-state index is 14.4. The minimum atomic E-state index is -0.803. The summed E-state index contributed by atoms with van der Waals surface area (Å²) < 4.78 is 14.4.